The summed E-state index contributed by atoms with van der Waals surface area (Å²) in [5.41, 5.74) is 0.0147. The van der Waals surface area contributed by atoms with Gasteiger partial charge in [-0.15, -0.1) is 0 Å². The molecule has 2 heterocycles. The lowest BCUT2D eigenvalue weighted by molar-refractivity contribution is -0.119. The van der Waals surface area contributed by atoms with Crippen LogP contribution in [0.3, 0.4) is 0 Å². The van der Waals surface area contributed by atoms with Gasteiger partial charge in [0.1, 0.15) is 10.6 Å². The number of benzene rings is 1. The third-order valence-electron chi connectivity index (χ3n) is 5.14. The highest BCUT2D eigenvalue weighted by atomic mass is 32.2. The normalized spacial score (nSPS) is 23.9. The van der Waals surface area contributed by atoms with Gasteiger partial charge in [0.05, 0.1) is 24.5 Å². The van der Waals surface area contributed by atoms with Crippen molar-refractivity contribution in [2.75, 3.05) is 49.9 Å². The van der Waals surface area contributed by atoms with E-state index in [0.29, 0.717) is 30.5 Å². The Balaban J connectivity index is 2.02. The minimum Gasteiger partial charge on any atom is -0.495 e. The first kappa shape index (κ1) is 21.0. The molecule has 28 heavy (non-hydrogen) atoms. The number of methoxy groups -OCH3 is 1. The molecule has 1 unspecified atom stereocenters. The van der Waals surface area contributed by atoms with E-state index in [9.17, 15) is 21.6 Å². The molecule has 3 rings (SSSR count). The van der Waals surface area contributed by atoms with Crippen LogP contribution in [-0.2, 0) is 24.8 Å². The van der Waals surface area contributed by atoms with Crippen molar-refractivity contribution >= 4 is 31.6 Å². The second-order valence-corrected chi connectivity index (χ2v) is 10.7. The Bertz CT molecular complexity index is 969. The molecule has 0 bridgehead atoms. The van der Waals surface area contributed by atoms with E-state index in [0.717, 1.165) is 6.54 Å². The molecule has 0 aliphatic carbocycles. The molecule has 11 heteroatoms. The second kappa shape index (κ2) is 7.62. The highest BCUT2D eigenvalue weighted by Gasteiger charge is 2.42. The highest BCUT2D eigenvalue weighted by molar-refractivity contribution is 7.94. The van der Waals surface area contributed by atoms with Gasteiger partial charge in [-0.2, -0.15) is 4.31 Å². The number of ether oxygens (including phenoxy) is 1. The number of nitrogens with zero attached hydrogens (tertiary/aromatic N) is 3. The molecule has 156 valence electrons. The van der Waals surface area contributed by atoms with Gasteiger partial charge in [0.15, 0.2) is 0 Å². The van der Waals surface area contributed by atoms with Crippen LogP contribution in [0.2, 0.25) is 0 Å². The summed E-state index contributed by atoms with van der Waals surface area (Å²) in [6, 6.07) is 3.99. The van der Waals surface area contributed by atoms with Gasteiger partial charge in [0, 0.05) is 26.2 Å². The fraction of sp³-hybridized carbons (Fsp3) is 0.588. The summed E-state index contributed by atoms with van der Waals surface area (Å²) in [6.07, 6.45) is 0. The monoisotopic (exact) mass is 431 g/mol. The van der Waals surface area contributed by atoms with Crippen molar-refractivity contribution in [3.63, 3.8) is 0 Å². The lowest BCUT2D eigenvalue weighted by Crippen LogP contribution is -2.48. The number of likely N-dealkylation sites (N-methyl/N-ethyl adjacent to an activating group) is 1. The Kier molecular flexibility index (Phi) is 5.72. The number of hydrogen-bond acceptors (Lipinski definition) is 7. The molecule has 1 atom stereocenters. The molecule has 2 aliphatic rings. The number of amides is 1. The quantitative estimate of drug-likeness (QED) is 0.662. The van der Waals surface area contributed by atoms with Gasteiger partial charge in [-0.1, -0.05) is 13.8 Å². The molecule has 1 aromatic rings. The smallest absolute Gasteiger partial charge is 0.246 e. The van der Waals surface area contributed by atoms with E-state index >= 15 is 0 Å². The molecule has 9 nitrogen and oxygen atoms in total. The molecular formula is C17H25N3O6S2. The van der Waals surface area contributed by atoms with Gasteiger partial charge >= 0.3 is 0 Å². The van der Waals surface area contributed by atoms with Crippen LogP contribution in [0.4, 0.5) is 5.69 Å². The van der Waals surface area contributed by atoms with E-state index in [-0.39, 0.29) is 22.1 Å². The van der Waals surface area contributed by atoms with Gasteiger partial charge in [-0.3, -0.25) is 4.79 Å². The molecular weight excluding hydrogens is 406 g/mol. The van der Waals surface area contributed by atoms with E-state index in [2.05, 4.69) is 4.90 Å². The summed E-state index contributed by atoms with van der Waals surface area (Å²) in [5.74, 6) is -1.42. The van der Waals surface area contributed by atoms with Crippen LogP contribution >= 0.6 is 0 Å². The largest absolute Gasteiger partial charge is 0.495 e. The number of piperazine rings is 1. The third-order valence-corrected chi connectivity index (χ3v) is 8.93. The van der Waals surface area contributed by atoms with Crippen LogP contribution in [0.5, 0.6) is 5.75 Å². The predicted octanol–water partition coefficient (Wildman–Crippen LogP) is 0.334. The topological polar surface area (TPSA) is 104 Å². The van der Waals surface area contributed by atoms with Gasteiger partial charge in [-0.05, 0) is 24.7 Å². The fourth-order valence-electron chi connectivity index (χ4n) is 3.51. The van der Waals surface area contributed by atoms with Gasteiger partial charge in [0.25, 0.3) is 0 Å². The summed E-state index contributed by atoms with van der Waals surface area (Å²) < 4.78 is 58.5. The molecule has 1 amide bonds. The Morgan fingerprint density at radius 3 is 2.32 bits per heavy atom. The average Bonchev–Trinajstić information content (AvgIpc) is 2.88. The molecule has 1 aromatic carbocycles. The summed E-state index contributed by atoms with van der Waals surface area (Å²) >= 11 is 0. The first-order valence-electron chi connectivity index (χ1n) is 9.09. The van der Waals surface area contributed by atoms with Gasteiger partial charge < -0.3 is 9.64 Å². The van der Waals surface area contributed by atoms with Gasteiger partial charge in [-0.25, -0.2) is 21.1 Å². The van der Waals surface area contributed by atoms with Crippen molar-refractivity contribution in [2.45, 2.75) is 18.7 Å². The number of sulfonamides is 2. The number of hydrogen-bond donors (Lipinski definition) is 0. The standard InChI is InChI=1S/C17H25N3O6S2/c1-4-18-7-9-19(10-8-18)28(24,25)16-11-14(5-6-15(16)26-3)20-17(21)13(2)12-27(20,22)23/h5-6,11,13H,4,7-10,12H2,1-3H3. The molecule has 0 N–H and O–H groups in total. The van der Waals surface area contributed by atoms with E-state index in [1.807, 2.05) is 6.92 Å². The Morgan fingerprint density at radius 1 is 1.18 bits per heavy atom. The number of rotatable bonds is 5. The predicted molar refractivity (Wildman–Crippen MR) is 104 cm³/mol. The van der Waals surface area contributed by atoms with Crippen LogP contribution < -0.4 is 9.04 Å². The SMILES string of the molecule is CCN1CCN(S(=O)(=O)c2cc(N3C(=O)C(C)CS3(=O)=O)ccc2OC)CC1. The summed E-state index contributed by atoms with van der Waals surface area (Å²) in [7, 11) is -6.39. The molecule has 0 spiro atoms. The van der Waals surface area contributed by atoms with Crippen LogP contribution in [0, 0.1) is 5.92 Å². The van der Waals surface area contributed by atoms with E-state index in [1.165, 1.54) is 36.5 Å². The molecule has 0 radical (unpaired) electrons. The molecule has 0 saturated carbocycles. The Morgan fingerprint density at radius 2 is 1.82 bits per heavy atom. The number of anilines is 1. The van der Waals surface area contributed by atoms with E-state index < -0.39 is 31.9 Å². The number of carbonyl (C=O) groups excluding carboxylic acids is 1. The third kappa shape index (κ3) is 3.63. The first-order valence-corrected chi connectivity index (χ1v) is 12.1. The Hall–Kier alpha value is -1.69. The minimum atomic E-state index is -3.91. The van der Waals surface area contributed by atoms with Gasteiger partial charge in [0.2, 0.25) is 26.0 Å². The Labute approximate surface area is 166 Å². The van der Waals surface area contributed by atoms with Crippen molar-refractivity contribution in [2.24, 2.45) is 5.92 Å². The van der Waals surface area contributed by atoms with Crippen molar-refractivity contribution in [1.82, 2.24) is 9.21 Å². The van der Waals surface area contributed by atoms with Crippen LogP contribution in [0.15, 0.2) is 23.1 Å². The molecule has 0 aromatic heterocycles. The van der Waals surface area contributed by atoms with Crippen molar-refractivity contribution in [1.29, 1.82) is 0 Å². The maximum Gasteiger partial charge on any atom is 0.246 e. The molecule has 2 aliphatic heterocycles. The highest BCUT2D eigenvalue weighted by Crippen LogP contribution is 2.35. The summed E-state index contributed by atoms with van der Waals surface area (Å²) in [4.78, 5) is 14.4. The zero-order valence-electron chi connectivity index (χ0n) is 16.2. The lowest BCUT2D eigenvalue weighted by Gasteiger charge is -2.33. The maximum atomic E-state index is 13.2. The zero-order valence-corrected chi connectivity index (χ0v) is 17.8. The first-order chi connectivity index (χ1) is 13.1. The zero-order chi connectivity index (χ0) is 20.7. The fourth-order valence-corrected chi connectivity index (χ4v) is 6.92. The second-order valence-electron chi connectivity index (χ2n) is 6.96. The molecule has 2 fully saturated rings. The summed E-state index contributed by atoms with van der Waals surface area (Å²) in [5, 5.41) is 0. The van der Waals surface area contributed by atoms with Crippen LogP contribution in [0.1, 0.15) is 13.8 Å². The lowest BCUT2D eigenvalue weighted by atomic mass is 10.2. The van der Waals surface area contributed by atoms with Crippen molar-refractivity contribution in [3.8, 4) is 5.75 Å². The van der Waals surface area contributed by atoms with Crippen molar-refractivity contribution in [3.05, 3.63) is 18.2 Å². The summed E-state index contributed by atoms with van der Waals surface area (Å²) in [6.45, 7) is 6.31. The maximum absolute atomic E-state index is 13.2. The van der Waals surface area contributed by atoms with E-state index in [1.54, 1.807) is 0 Å². The van der Waals surface area contributed by atoms with Crippen molar-refractivity contribution < 1.29 is 26.4 Å². The van der Waals surface area contributed by atoms with Crippen LogP contribution in [0.25, 0.3) is 0 Å². The van der Waals surface area contributed by atoms with Crippen LogP contribution in [-0.4, -0.2) is 77.5 Å². The minimum absolute atomic E-state index is 0.0147. The average molecular weight is 432 g/mol. The molecule has 2 saturated heterocycles. The van der Waals surface area contributed by atoms with E-state index in [4.69, 9.17) is 4.74 Å². The number of carbonyl (C=O) groups is 1.